The number of aliphatic hydroxyl groups is 1. The summed E-state index contributed by atoms with van der Waals surface area (Å²) in [6.45, 7) is 8.35. The summed E-state index contributed by atoms with van der Waals surface area (Å²) in [7, 11) is 3.44. The number of rotatable bonds is 5. The van der Waals surface area contributed by atoms with Crippen molar-refractivity contribution in [1.29, 1.82) is 0 Å². The molecule has 5 heterocycles. The number of hydrogen-bond acceptors (Lipinski definition) is 14. The molecule has 0 saturated carbocycles. The maximum atomic E-state index is 13.7. The molecule has 270 valence electrons. The van der Waals surface area contributed by atoms with E-state index in [4.69, 9.17) is 29.4 Å². The highest BCUT2D eigenvalue weighted by Crippen LogP contribution is 2.63. The number of benzene rings is 2. The van der Waals surface area contributed by atoms with Crippen LogP contribution < -0.4 is 30.0 Å². The first-order chi connectivity index (χ1) is 23.8. The first-order valence-electron chi connectivity index (χ1n) is 16.8. The van der Waals surface area contributed by atoms with Crippen LogP contribution in [0.5, 0.6) is 28.7 Å². The fourth-order valence-electron chi connectivity index (χ4n) is 8.45. The van der Waals surface area contributed by atoms with E-state index < -0.39 is 65.6 Å². The lowest BCUT2D eigenvalue weighted by Gasteiger charge is -2.62. The van der Waals surface area contributed by atoms with Crippen molar-refractivity contribution < 1.29 is 48.3 Å². The number of carbonyl (C=O) groups excluding carboxylic acids is 3. The second-order valence-corrected chi connectivity index (χ2v) is 15.2. The van der Waals surface area contributed by atoms with Crippen LogP contribution in [0.2, 0.25) is 0 Å². The number of phenols is 1. The Morgan fingerprint density at radius 1 is 1.12 bits per heavy atom. The molecule has 14 nitrogen and oxygen atoms in total. The standard InChI is InChI=1S/C35H44N4O10S/c1-13(2)24(36)33(42)37-18-11-50-32-23-22(31-30(47-12-48-31)15(4)29(23)49-16(5)40)20(10-46-35(18)44)39-26(32)25-21-17(9-19(34(39)43)38(25)6)8-14(3)28(45-7)27(21)41/h8,13,18-20,24-26,32,34,41,43H,9-12,36H2,1-7H3,(H,37,42)/t18?,19-,20-,24?,25+,26?,32+,34-/m0/s1. The van der Waals surface area contributed by atoms with E-state index in [2.05, 4.69) is 10.2 Å². The molecule has 8 atom stereocenters. The molecule has 2 fully saturated rings. The Morgan fingerprint density at radius 2 is 1.84 bits per heavy atom. The summed E-state index contributed by atoms with van der Waals surface area (Å²) >= 11 is 1.36. The molecule has 1 amide bonds. The van der Waals surface area contributed by atoms with Gasteiger partial charge in [0, 0.05) is 41.0 Å². The Labute approximate surface area is 294 Å². The molecular formula is C35H44N4O10S. The number of aryl methyl sites for hydroxylation is 1. The van der Waals surface area contributed by atoms with Crippen molar-refractivity contribution in [2.45, 2.75) is 88.8 Å². The van der Waals surface area contributed by atoms with Gasteiger partial charge in [-0.05, 0) is 44.4 Å². The quantitative estimate of drug-likeness (QED) is 0.261. The number of thioether (sulfide) groups is 1. The maximum Gasteiger partial charge on any atom is 0.329 e. The van der Waals surface area contributed by atoms with Crippen molar-refractivity contribution in [3.8, 4) is 28.7 Å². The number of piperazine rings is 1. The Kier molecular flexibility index (Phi) is 8.86. The van der Waals surface area contributed by atoms with Crippen LogP contribution in [0.25, 0.3) is 0 Å². The number of hydrogen-bond donors (Lipinski definition) is 4. The highest BCUT2D eigenvalue weighted by atomic mass is 32.2. The number of ether oxygens (including phenoxy) is 5. The lowest BCUT2D eigenvalue weighted by atomic mass is 9.73. The second-order valence-electron chi connectivity index (χ2n) is 14.1. The Hall–Kier alpha value is -3.76. The normalized spacial score (nSPS) is 29.0. The number of esters is 2. The number of aromatic hydroxyl groups is 1. The average Bonchev–Trinajstić information content (AvgIpc) is 3.56. The van der Waals surface area contributed by atoms with Gasteiger partial charge in [-0.25, -0.2) is 4.79 Å². The fraction of sp³-hybridized carbons (Fsp3) is 0.571. The first-order valence-corrected chi connectivity index (χ1v) is 17.9. The minimum atomic E-state index is -1.05. The van der Waals surface area contributed by atoms with Gasteiger partial charge in [-0.3, -0.25) is 19.4 Å². The third-order valence-electron chi connectivity index (χ3n) is 10.8. The number of methoxy groups -OCH3 is 1. The van der Waals surface area contributed by atoms with Crippen molar-refractivity contribution in [2.75, 3.05) is 33.3 Å². The van der Waals surface area contributed by atoms with Crippen molar-refractivity contribution in [2.24, 2.45) is 11.7 Å². The highest BCUT2D eigenvalue weighted by molar-refractivity contribution is 7.99. The molecule has 0 aliphatic carbocycles. The van der Waals surface area contributed by atoms with Gasteiger partial charge in [0.25, 0.3) is 0 Å². The zero-order valence-electron chi connectivity index (χ0n) is 29.1. The minimum Gasteiger partial charge on any atom is -0.504 e. The molecule has 2 aromatic carbocycles. The second kappa shape index (κ2) is 12.8. The van der Waals surface area contributed by atoms with Gasteiger partial charge in [-0.2, -0.15) is 0 Å². The van der Waals surface area contributed by atoms with Crippen LogP contribution in [0.4, 0.5) is 0 Å². The summed E-state index contributed by atoms with van der Waals surface area (Å²) in [5.74, 6) is -0.221. The van der Waals surface area contributed by atoms with Crippen molar-refractivity contribution in [1.82, 2.24) is 15.1 Å². The molecule has 3 unspecified atom stereocenters. The number of amides is 1. The summed E-state index contributed by atoms with van der Waals surface area (Å²) in [6, 6.07) is -2.14. The van der Waals surface area contributed by atoms with Gasteiger partial charge in [0.2, 0.25) is 12.7 Å². The summed E-state index contributed by atoms with van der Waals surface area (Å²) in [4.78, 5) is 43.6. The lowest BCUT2D eigenvalue weighted by molar-refractivity contribution is -0.184. The van der Waals surface area contributed by atoms with E-state index in [9.17, 15) is 24.6 Å². The van der Waals surface area contributed by atoms with Gasteiger partial charge < -0.3 is 44.9 Å². The fourth-order valence-corrected chi connectivity index (χ4v) is 9.95. The molecule has 2 saturated heterocycles. The predicted octanol–water partition coefficient (Wildman–Crippen LogP) is 2.13. The number of likely N-dealkylation sites (N-methyl/N-ethyl adjacent to an activating group) is 1. The molecule has 5 aliphatic rings. The van der Waals surface area contributed by atoms with Gasteiger partial charge in [-0.1, -0.05) is 19.9 Å². The molecule has 4 bridgehead atoms. The van der Waals surface area contributed by atoms with Crippen molar-refractivity contribution in [3.05, 3.63) is 39.4 Å². The molecule has 0 spiro atoms. The van der Waals surface area contributed by atoms with Gasteiger partial charge >= 0.3 is 11.9 Å². The average molecular weight is 713 g/mol. The van der Waals surface area contributed by atoms with Crippen molar-refractivity contribution >= 4 is 29.6 Å². The summed E-state index contributed by atoms with van der Waals surface area (Å²) in [6.07, 6.45) is -0.606. The van der Waals surface area contributed by atoms with E-state index in [1.54, 1.807) is 6.92 Å². The summed E-state index contributed by atoms with van der Waals surface area (Å²) in [5, 5.41) is 26.4. The smallest absolute Gasteiger partial charge is 0.329 e. The van der Waals surface area contributed by atoms with E-state index in [1.165, 1.54) is 25.8 Å². The molecule has 50 heavy (non-hydrogen) atoms. The number of fused-ring (bicyclic) bond motifs is 9. The third kappa shape index (κ3) is 5.19. The number of carbonyl (C=O) groups is 3. The van der Waals surface area contributed by atoms with Gasteiger partial charge in [0.15, 0.2) is 23.0 Å². The predicted molar refractivity (Wildman–Crippen MR) is 181 cm³/mol. The summed E-state index contributed by atoms with van der Waals surface area (Å²) in [5.41, 5.74) is 10.3. The van der Waals surface area contributed by atoms with Crippen LogP contribution in [-0.4, -0.2) is 102 Å². The third-order valence-corrected chi connectivity index (χ3v) is 12.2. The molecule has 0 radical (unpaired) electrons. The number of nitrogens with two attached hydrogens (primary N) is 1. The van der Waals surface area contributed by atoms with E-state index in [0.717, 1.165) is 11.1 Å². The van der Waals surface area contributed by atoms with Gasteiger partial charge in [0.1, 0.15) is 24.6 Å². The Balaban J connectivity index is 1.47. The van der Waals surface area contributed by atoms with E-state index >= 15 is 0 Å². The molecule has 2 aromatic rings. The number of nitrogens with zero attached hydrogens (tertiary/aromatic N) is 2. The minimum absolute atomic E-state index is 0.0219. The highest BCUT2D eigenvalue weighted by Gasteiger charge is 2.60. The van der Waals surface area contributed by atoms with E-state index in [1.807, 2.05) is 38.8 Å². The Bertz CT molecular complexity index is 1770. The van der Waals surface area contributed by atoms with Gasteiger partial charge in [-0.15, -0.1) is 11.8 Å². The molecule has 7 rings (SSSR count). The van der Waals surface area contributed by atoms with E-state index in [0.29, 0.717) is 51.7 Å². The van der Waals surface area contributed by atoms with Crippen LogP contribution in [-0.2, 0) is 25.5 Å². The van der Waals surface area contributed by atoms with Crippen LogP contribution in [0.15, 0.2) is 6.07 Å². The number of cyclic esters (lactones) is 1. The number of aliphatic hydroxyl groups excluding tert-OH is 1. The lowest BCUT2D eigenvalue weighted by Crippen LogP contribution is -2.69. The molecule has 0 aromatic heterocycles. The zero-order chi connectivity index (χ0) is 35.9. The largest absolute Gasteiger partial charge is 0.504 e. The molecule has 5 aliphatic heterocycles. The van der Waals surface area contributed by atoms with Crippen LogP contribution in [0.3, 0.4) is 0 Å². The van der Waals surface area contributed by atoms with Gasteiger partial charge in [0.05, 0.1) is 36.5 Å². The van der Waals surface area contributed by atoms with E-state index in [-0.39, 0.29) is 30.8 Å². The van der Waals surface area contributed by atoms with Crippen LogP contribution in [0.1, 0.15) is 71.5 Å². The monoisotopic (exact) mass is 712 g/mol. The number of nitrogens with one attached hydrogen (secondary N) is 1. The SMILES string of the molecule is COc1c(C)cc2c(c1O)[C@@H]1C3[C@@H]4SCC(NC(=O)C(N)C(C)C)C(=O)OC[C@@H](c5c6c(c(C)c(OC(C)=O)c54)OCO6)N3[C@@H](O)[C@H](C2)N1C. The van der Waals surface area contributed by atoms with Crippen molar-refractivity contribution in [3.63, 3.8) is 0 Å². The molecule has 15 heteroatoms. The molecule has 5 N–H and O–H groups in total. The summed E-state index contributed by atoms with van der Waals surface area (Å²) < 4.78 is 29.7. The Morgan fingerprint density at radius 3 is 2.52 bits per heavy atom. The van der Waals surface area contributed by atoms with Crippen LogP contribution in [0, 0.1) is 19.8 Å². The number of phenolic OH excluding ortho intramolecular Hbond substituents is 1. The zero-order valence-corrected chi connectivity index (χ0v) is 30.0. The van der Waals surface area contributed by atoms with Crippen LogP contribution >= 0.6 is 11.8 Å². The maximum absolute atomic E-state index is 13.7. The molecular weight excluding hydrogens is 668 g/mol. The topological polar surface area (TPSA) is 182 Å². The first kappa shape index (κ1) is 34.7.